The van der Waals surface area contributed by atoms with Gasteiger partial charge in [-0.25, -0.2) is 4.99 Å². The van der Waals surface area contributed by atoms with Crippen LogP contribution in [0.25, 0.3) is 0 Å². The van der Waals surface area contributed by atoms with E-state index in [9.17, 15) is 0 Å². The van der Waals surface area contributed by atoms with Gasteiger partial charge in [0.15, 0.2) is 17.5 Å². The number of nitrogens with zero attached hydrogens (tertiary/aromatic N) is 2. The summed E-state index contributed by atoms with van der Waals surface area (Å²) in [6.45, 7) is 8.81. The Labute approximate surface area is 184 Å². The van der Waals surface area contributed by atoms with Crippen LogP contribution in [0.15, 0.2) is 46.1 Å². The van der Waals surface area contributed by atoms with E-state index in [0.717, 1.165) is 56.5 Å². The highest BCUT2D eigenvalue weighted by molar-refractivity contribution is 7.07. The highest BCUT2D eigenvalue weighted by Gasteiger charge is 2.20. The zero-order valence-corrected chi connectivity index (χ0v) is 19.1. The molecule has 0 bridgehead atoms. The van der Waals surface area contributed by atoms with Crippen LogP contribution in [0.4, 0.5) is 0 Å². The number of benzene rings is 1. The van der Waals surface area contributed by atoms with Crippen molar-refractivity contribution in [1.29, 1.82) is 0 Å². The van der Waals surface area contributed by atoms with E-state index in [2.05, 4.69) is 39.3 Å². The molecule has 0 aliphatic carbocycles. The van der Waals surface area contributed by atoms with Gasteiger partial charge in [0.1, 0.15) is 6.10 Å². The predicted molar refractivity (Wildman–Crippen MR) is 125 cm³/mol. The molecule has 1 aliphatic heterocycles. The van der Waals surface area contributed by atoms with Crippen LogP contribution in [0.5, 0.6) is 11.5 Å². The zero-order chi connectivity index (χ0) is 21.2. The molecule has 2 heterocycles. The van der Waals surface area contributed by atoms with Gasteiger partial charge in [0.05, 0.1) is 13.7 Å². The number of aliphatic imine (C=N–C) groups is 1. The highest BCUT2D eigenvalue weighted by Crippen LogP contribution is 2.26. The fraction of sp³-hybridized carbons (Fsp3) is 0.522. The lowest BCUT2D eigenvalue weighted by Crippen LogP contribution is -2.48. The summed E-state index contributed by atoms with van der Waals surface area (Å²) in [4.78, 5) is 7.29. The van der Waals surface area contributed by atoms with Crippen LogP contribution >= 0.6 is 11.3 Å². The fourth-order valence-corrected chi connectivity index (χ4v) is 4.24. The number of nitrogens with one attached hydrogen (secondary N) is 2. The molecule has 164 valence electrons. The topological polar surface area (TPSA) is 58.1 Å². The van der Waals surface area contributed by atoms with Gasteiger partial charge in [-0.15, -0.1) is 0 Å². The molecule has 0 amide bonds. The third kappa shape index (κ3) is 6.92. The average molecular weight is 431 g/mol. The molecule has 0 spiro atoms. The number of methoxy groups -OCH3 is 1. The number of thiophene rings is 1. The van der Waals surface area contributed by atoms with Gasteiger partial charge in [-0.2, -0.15) is 11.3 Å². The van der Waals surface area contributed by atoms with Gasteiger partial charge < -0.3 is 20.1 Å². The normalized spacial score (nSPS) is 16.8. The van der Waals surface area contributed by atoms with E-state index >= 15 is 0 Å². The van der Waals surface area contributed by atoms with Crippen LogP contribution in [-0.4, -0.2) is 56.3 Å². The first-order valence-electron chi connectivity index (χ1n) is 10.8. The Morgan fingerprint density at radius 3 is 2.67 bits per heavy atom. The van der Waals surface area contributed by atoms with Crippen molar-refractivity contribution < 1.29 is 9.47 Å². The maximum atomic E-state index is 6.03. The fourth-order valence-electron chi connectivity index (χ4n) is 3.58. The van der Waals surface area contributed by atoms with Crippen molar-refractivity contribution in [1.82, 2.24) is 15.5 Å². The molecule has 7 heteroatoms. The maximum absolute atomic E-state index is 6.03. The summed E-state index contributed by atoms with van der Waals surface area (Å²) in [6.07, 6.45) is 2.20. The van der Waals surface area contributed by atoms with Crippen LogP contribution in [-0.2, 0) is 6.54 Å². The van der Waals surface area contributed by atoms with Crippen molar-refractivity contribution in [2.75, 3.05) is 33.3 Å². The molecule has 6 nitrogen and oxygen atoms in total. The summed E-state index contributed by atoms with van der Waals surface area (Å²) in [7, 11) is 1.66. The standard InChI is InChI=1S/C23H34N4O2S/c1-4-24-23(25-15-18(2)29-22-8-6-5-7-21(22)28-3)26-20-9-12-27(13-10-20)16-19-11-14-30-17-19/h5-8,11,14,17-18,20H,4,9-10,12-13,15-16H2,1-3H3,(H2,24,25,26). The van der Waals surface area contributed by atoms with Gasteiger partial charge in [-0.05, 0) is 61.2 Å². The molecule has 3 rings (SSSR count). The largest absolute Gasteiger partial charge is 0.493 e. The van der Waals surface area contributed by atoms with Crippen molar-refractivity contribution in [2.45, 2.75) is 45.4 Å². The monoisotopic (exact) mass is 430 g/mol. The van der Waals surface area contributed by atoms with Crippen LogP contribution in [0, 0.1) is 0 Å². The number of rotatable bonds is 9. The highest BCUT2D eigenvalue weighted by atomic mass is 32.1. The molecule has 2 aromatic rings. The summed E-state index contributed by atoms with van der Waals surface area (Å²) in [5.41, 5.74) is 1.42. The molecular weight excluding hydrogens is 396 g/mol. The van der Waals surface area contributed by atoms with Crippen LogP contribution in [0.1, 0.15) is 32.3 Å². The minimum atomic E-state index is -0.0517. The molecule has 30 heavy (non-hydrogen) atoms. The zero-order valence-electron chi connectivity index (χ0n) is 18.3. The van der Waals surface area contributed by atoms with Gasteiger partial charge in [0, 0.05) is 32.2 Å². The molecular formula is C23H34N4O2S. The summed E-state index contributed by atoms with van der Waals surface area (Å²) < 4.78 is 11.4. The molecule has 1 fully saturated rings. The lowest BCUT2D eigenvalue weighted by atomic mass is 10.0. The summed E-state index contributed by atoms with van der Waals surface area (Å²) >= 11 is 1.77. The Hall–Kier alpha value is -2.25. The summed E-state index contributed by atoms with van der Waals surface area (Å²) in [6, 6.07) is 10.4. The summed E-state index contributed by atoms with van der Waals surface area (Å²) in [5.74, 6) is 2.36. The third-order valence-electron chi connectivity index (χ3n) is 5.16. The van der Waals surface area contributed by atoms with Crippen LogP contribution in [0.2, 0.25) is 0 Å². The Kier molecular flexibility index (Phi) is 8.83. The van der Waals surface area contributed by atoms with Crippen molar-refractivity contribution in [3.63, 3.8) is 0 Å². The number of guanidine groups is 1. The van der Waals surface area contributed by atoms with Gasteiger partial charge in [0.25, 0.3) is 0 Å². The molecule has 1 aromatic carbocycles. The van der Waals surface area contributed by atoms with Crippen LogP contribution in [0.3, 0.4) is 0 Å². The molecule has 1 aromatic heterocycles. The van der Waals surface area contributed by atoms with Gasteiger partial charge in [-0.3, -0.25) is 4.90 Å². The Morgan fingerprint density at radius 2 is 2.00 bits per heavy atom. The van der Waals surface area contributed by atoms with Crippen molar-refractivity contribution >= 4 is 17.3 Å². The van der Waals surface area contributed by atoms with E-state index in [0.29, 0.717) is 12.6 Å². The summed E-state index contributed by atoms with van der Waals surface area (Å²) in [5, 5.41) is 11.4. The molecule has 2 N–H and O–H groups in total. The predicted octanol–water partition coefficient (Wildman–Crippen LogP) is 3.74. The van der Waals surface area contributed by atoms with E-state index in [1.807, 2.05) is 31.2 Å². The number of hydrogen-bond donors (Lipinski definition) is 2. The smallest absolute Gasteiger partial charge is 0.191 e. The Bertz CT molecular complexity index is 773. The van der Waals surface area contributed by atoms with E-state index in [1.54, 1.807) is 18.4 Å². The first-order valence-corrected chi connectivity index (χ1v) is 11.7. The number of piperidine rings is 1. The molecule has 1 atom stereocenters. The first-order chi connectivity index (χ1) is 14.7. The van der Waals surface area contributed by atoms with Crippen molar-refractivity contribution in [2.24, 2.45) is 4.99 Å². The quantitative estimate of drug-likeness (QED) is 0.469. The second-order valence-electron chi connectivity index (χ2n) is 7.63. The average Bonchev–Trinajstić information content (AvgIpc) is 3.27. The molecule has 0 saturated carbocycles. The second kappa shape index (κ2) is 11.8. The minimum absolute atomic E-state index is 0.0517. The van der Waals surface area contributed by atoms with Crippen molar-refractivity contribution in [3.8, 4) is 11.5 Å². The van der Waals surface area contributed by atoms with Crippen LogP contribution < -0.4 is 20.1 Å². The lowest BCUT2D eigenvalue weighted by molar-refractivity contribution is 0.198. The molecule has 1 unspecified atom stereocenters. The SMILES string of the molecule is CCNC(=NCC(C)Oc1ccccc1OC)NC1CCN(Cc2ccsc2)CC1. The molecule has 1 aliphatic rings. The maximum Gasteiger partial charge on any atom is 0.191 e. The van der Waals surface area contributed by atoms with Gasteiger partial charge in [0.2, 0.25) is 0 Å². The Balaban J connectivity index is 1.47. The number of hydrogen-bond acceptors (Lipinski definition) is 5. The third-order valence-corrected chi connectivity index (χ3v) is 5.89. The van der Waals surface area contributed by atoms with Crippen molar-refractivity contribution in [3.05, 3.63) is 46.7 Å². The lowest BCUT2D eigenvalue weighted by Gasteiger charge is -2.33. The van der Waals surface area contributed by atoms with Gasteiger partial charge in [-0.1, -0.05) is 12.1 Å². The Morgan fingerprint density at radius 1 is 1.23 bits per heavy atom. The first kappa shape index (κ1) is 22.4. The van der Waals surface area contributed by atoms with Gasteiger partial charge >= 0.3 is 0 Å². The second-order valence-corrected chi connectivity index (χ2v) is 8.41. The van der Waals surface area contributed by atoms with E-state index in [-0.39, 0.29) is 6.10 Å². The number of para-hydroxylation sites is 2. The molecule has 1 saturated heterocycles. The molecule has 0 radical (unpaired) electrons. The van der Waals surface area contributed by atoms with E-state index in [4.69, 9.17) is 14.5 Å². The van der Waals surface area contributed by atoms with E-state index < -0.39 is 0 Å². The number of likely N-dealkylation sites (tertiary alicyclic amines) is 1. The number of ether oxygens (including phenoxy) is 2. The minimum Gasteiger partial charge on any atom is -0.493 e. The van der Waals surface area contributed by atoms with E-state index in [1.165, 1.54) is 5.56 Å².